The van der Waals surface area contributed by atoms with Gasteiger partial charge in [-0.2, -0.15) is 0 Å². The van der Waals surface area contributed by atoms with Crippen LogP contribution in [0.5, 0.6) is 0 Å². The Balaban J connectivity index is 3.55. The zero-order chi connectivity index (χ0) is 8.91. The van der Waals surface area contributed by atoms with Crippen molar-refractivity contribution in [1.29, 1.82) is 0 Å². The van der Waals surface area contributed by atoms with Gasteiger partial charge in [0.25, 0.3) is 0 Å². The average molecular weight is 170 g/mol. The molecule has 11 heavy (non-hydrogen) atoms. The molecule has 0 aromatic carbocycles. The van der Waals surface area contributed by atoms with Crippen molar-refractivity contribution in [2.75, 3.05) is 0 Å². The molecule has 0 amide bonds. The Morgan fingerprint density at radius 2 is 2.00 bits per heavy atom. The Morgan fingerprint density at radius 3 is 2.36 bits per heavy atom. The van der Waals surface area contributed by atoms with Crippen molar-refractivity contribution in [3.8, 4) is 12.3 Å². The van der Waals surface area contributed by atoms with Crippen molar-refractivity contribution in [2.45, 2.75) is 44.6 Å². The standard InChI is InChI=1S/C9H18OSi/c1-5-6-7-8-9(10)11(2,3)4/h1,9-10H,6-8H2,2-4H3. The van der Waals surface area contributed by atoms with Crippen LogP contribution in [0.4, 0.5) is 0 Å². The lowest BCUT2D eigenvalue weighted by atomic mass is 10.2. The zero-order valence-electron chi connectivity index (χ0n) is 7.72. The van der Waals surface area contributed by atoms with Gasteiger partial charge >= 0.3 is 0 Å². The van der Waals surface area contributed by atoms with E-state index in [9.17, 15) is 5.11 Å². The van der Waals surface area contributed by atoms with Gasteiger partial charge in [0.1, 0.15) is 0 Å². The molecule has 1 atom stereocenters. The molecule has 0 bridgehead atoms. The average Bonchev–Trinajstić information content (AvgIpc) is 1.86. The number of aliphatic hydroxyl groups is 1. The van der Waals surface area contributed by atoms with Gasteiger partial charge in [-0.3, -0.25) is 0 Å². The summed E-state index contributed by atoms with van der Waals surface area (Å²) in [6.45, 7) is 6.52. The van der Waals surface area contributed by atoms with Gasteiger partial charge in [0.2, 0.25) is 0 Å². The van der Waals surface area contributed by atoms with Crippen molar-refractivity contribution in [3.63, 3.8) is 0 Å². The first-order valence-electron chi connectivity index (χ1n) is 4.10. The van der Waals surface area contributed by atoms with Crippen molar-refractivity contribution in [1.82, 2.24) is 0 Å². The lowest BCUT2D eigenvalue weighted by Crippen LogP contribution is -2.37. The molecule has 0 fully saturated rings. The van der Waals surface area contributed by atoms with E-state index in [2.05, 4.69) is 25.6 Å². The summed E-state index contributed by atoms with van der Waals surface area (Å²) in [5.74, 6) is 2.58. The fourth-order valence-corrected chi connectivity index (χ4v) is 1.90. The Hall–Kier alpha value is -0.263. The maximum Gasteiger partial charge on any atom is 0.0781 e. The highest BCUT2D eigenvalue weighted by Gasteiger charge is 2.23. The molecule has 2 heteroatoms. The van der Waals surface area contributed by atoms with Crippen LogP contribution < -0.4 is 0 Å². The lowest BCUT2D eigenvalue weighted by Gasteiger charge is -2.23. The maximum atomic E-state index is 9.61. The van der Waals surface area contributed by atoms with E-state index in [1.54, 1.807) is 0 Å². The first kappa shape index (κ1) is 10.7. The smallest absolute Gasteiger partial charge is 0.0781 e. The first-order valence-corrected chi connectivity index (χ1v) is 7.67. The largest absolute Gasteiger partial charge is 0.397 e. The summed E-state index contributed by atoms with van der Waals surface area (Å²) in [5.41, 5.74) is -0.0872. The van der Waals surface area contributed by atoms with Crippen LogP contribution in [0.15, 0.2) is 0 Å². The second-order valence-electron chi connectivity index (χ2n) is 3.98. The fourth-order valence-electron chi connectivity index (χ4n) is 0.830. The molecule has 0 aromatic heterocycles. The zero-order valence-corrected chi connectivity index (χ0v) is 8.72. The van der Waals surface area contributed by atoms with Gasteiger partial charge in [-0.15, -0.1) is 12.3 Å². The molecular weight excluding hydrogens is 152 g/mol. The van der Waals surface area contributed by atoms with Crippen LogP contribution in [0, 0.1) is 12.3 Å². The number of aliphatic hydroxyl groups excluding tert-OH is 1. The third kappa shape index (κ3) is 5.06. The van der Waals surface area contributed by atoms with E-state index in [0.29, 0.717) is 0 Å². The Kier molecular flexibility index (Phi) is 4.47. The molecule has 1 N–H and O–H groups in total. The molecule has 1 nitrogen and oxygen atoms in total. The van der Waals surface area contributed by atoms with Crippen molar-refractivity contribution < 1.29 is 5.11 Å². The Bertz CT molecular complexity index is 141. The lowest BCUT2D eigenvalue weighted by molar-refractivity contribution is 0.230. The van der Waals surface area contributed by atoms with Gasteiger partial charge in [0.05, 0.1) is 8.07 Å². The van der Waals surface area contributed by atoms with Crippen LogP contribution in [-0.4, -0.2) is 18.9 Å². The number of hydrogen-bond donors (Lipinski definition) is 1. The molecule has 0 rings (SSSR count). The van der Waals surface area contributed by atoms with E-state index in [1.165, 1.54) is 0 Å². The number of terminal acetylenes is 1. The SMILES string of the molecule is C#CCCCC(O)[Si](C)(C)C. The summed E-state index contributed by atoms with van der Waals surface area (Å²) in [6.07, 6.45) is 7.73. The van der Waals surface area contributed by atoms with E-state index in [1.807, 2.05) is 0 Å². The predicted molar refractivity (Wildman–Crippen MR) is 52.0 cm³/mol. The van der Waals surface area contributed by atoms with E-state index >= 15 is 0 Å². The van der Waals surface area contributed by atoms with Gasteiger partial charge in [-0.25, -0.2) is 0 Å². The number of hydrogen-bond acceptors (Lipinski definition) is 1. The van der Waals surface area contributed by atoms with E-state index < -0.39 is 8.07 Å². The van der Waals surface area contributed by atoms with Crippen LogP contribution >= 0.6 is 0 Å². The molecular formula is C9H18OSi. The van der Waals surface area contributed by atoms with Gasteiger partial charge in [0, 0.05) is 12.1 Å². The van der Waals surface area contributed by atoms with Crippen LogP contribution in [0.2, 0.25) is 19.6 Å². The molecule has 64 valence electrons. The third-order valence-electron chi connectivity index (χ3n) is 1.80. The van der Waals surface area contributed by atoms with Gasteiger partial charge in [-0.1, -0.05) is 19.6 Å². The fraction of sp³-hybridized carbons (Fsp3) is 0.778. The second-order valence-corrected chi connectivity index (χ2v) is 9.38. The van der Waals surface area contributed by atoms with Crippen LogP contribution in [0.25, 0.3) is 0 Å². The minimum Gasteiger partial charge on any atom is -0.397 e. The van der Waals surface area contributed by atoms with E-state index in [-0.39, 0.29) is 5.73 Å². The van der Waals surface area contributed by atoms with Crippen LogP contribution in [0.1, 0.15) is 19.3 Å². The van der Waals surface area contributed by atoms with Gasteiger partial charge in [-0.05, 0) is 12.8 Å². The molecule has 0 heterocycles. The number of rotatable bonds is 4. The van der Waals surface area contributed by atoms with Gasteiger partial charge in [0.15, 0.2) is 0 Å². The second kappa shape index (κ2) is 4.58. The summed E-state index contributed by atoms with van der Waals surface area (Å²) >= 11 is 0. The molecule has 0 aliphatic carbocycles. The maximum absolute atomic E-state index is 9.61. The molecule has 1 unspecified atom stereocenters. The monoisotopic (exact) mass is 170 g/mol. The minimum atomic E-state index is -1.32. The topological polar surface area (TPSA) is 20.2 Å². The quantitative estimate of drug-likeness (QED) is 0.389. The third-order valence-corrected chi connectivity index (χ3v) is 4.09. The predicted octanol–water partition coefficient (Wildman–Crippen LogP) is 2.03. The first-order chi connectivity index (χ1) is 4.98. The minimum absolute atomic E-state index is 0.0872. The van der Waals surface area contributed by atoms with Crippen LogP contribution in [0.3, 0.4) is 0 Å². The van der Waals surface area contributed by atoms with Crippen LogP contribution in [-0.2, 0) is 0 Å². The normalized spacial score (nSPS) is 14.1. The summed E-state index contributed by atoms with van der Waals surface area (Å²) in [4.78, 5) is 0. The molecule has 0 saturated heterocycles. The molecule has 0 saturated carbocycles. The molecule has 0 aromatic rings. The number of unbranched alkanes of at least 4 members (excludes halogenated alkanes) is 1. The van der Waals surface area contributed by atoms with E-state index in [0.717, 1.165) is 19.3 Å². The highest BCUT2D eigenvalue weighted by atomic mass is 28.3. The Labute approximate surface area is 70.8 Å². The highest BCUT2D eigenvalue weighted by molar-refractivity contribution is 6.77. The highest BCUT2D eigenvalue weighted by Crippen LogP contribution is 2.13. The summed E-state index contributed by atoms with van der Waals surface area (Å²) < 4.78 is 0. The van der Waals surface area contributed by atoms with E-state index in [4.69, 9.17) is 6.42 Å². The molecule has 0 aliphatic rings. The summed E-state index contributed by atoms with van der Waals surface area (Å²) in [6, 6.07) is 0. The van der Waals surface area contributed by atoms with Crippen molar-refractivity contribution in [2.24, 2.45) is 0 Å². The molecule has 0 spiro atoms. The van der Waals surface area contributed by atoms with Gasteiger partial charge < -0.3 is 5.11 Å². The molecule has 0 radical (unpaired) electrons. The molecule has 0 aliphatic heterocycles. The summed E-state index contributed by atoms with van der Waals surface area (Å²) in [7, 11) is -1.32. The van der Waals surface area contributed by atoms with Crippen molar-refractivity contribution >= 4 is 8.07 Å². The summed E-state index contributed by atoms with van der Waals surface area (Å²) in [5, 5.41) is 9.61. The Morgan fingerprint density at radius 1 is 1.45 bits per heavy atom. The van der Waals surface area contributed by atoms with Crippen molar-refractivity contribution in [3.05, 3.63) is 0 Å².